The zero-order chi connectivity index (χ0) is 25.4. The Morgan fingerprint density at radius 1 is 0.972 bits per heavy atom. The number of hydrogen-bond acceptors (Lipinski definition) is 5. The molecule has 1 fully saturated rings. The quantitative estimate of drug-likeness (QED) is 0.226. The minimum Gasteiger partial charge on any atom is -0.487 e. The molecular weight excluding hydrogens is 501 g/mol. The first-order valence-corrected chi connectivity index (χ1v) is 12.2. The number of H-pyrrole nitrogens is 1. The summed E-state index contributed by atoms with van der Waals surface area (Å²) in [5.74, 6) is -4.04. The summed E-state index contributed by atoms with van der Waals surface area (Å²) >= 11 is 12.6. The average Bonchev–Trinajstić information content (AvgIpc) is 3.25. The molecule has 2 heterocycles. The van der Waals surface area contributed by atoms with Crippen LogP contribution in [-0.2, 0) is 25.7 Å². The number of aromatic amines is 1. The largest absolute Gasteiger partial charge is 0.487 e. The highest BCUT2D eigenvalue weighted by Crippen LogP contribution is 2.42. The van der Waals surface area contributed by atoms with Crippen molar-refractivity contribution < 1.29 is 23.8 Å². The van der Waals surface area contributed by atoms with Crippen molar-refractivity contribution >= 4 is 46.0 Å². The number of nitrogens with one attached hydrogen (secondary N) is 1. The molecular formula is C28H23Cl2NO5. The van der Waals surface area contributed by atoms with Crippen molar-refractivity contribution in [3.05, 3.63) is 99.7 Å². The molecule has 0 radical (unpaired) electrons. The molecule has 1 atom stereocenters. The van der Waals surface area contributed by atoms with E-state index in [0.717, 1.165) is 22.0 Å². The summed E-state index contributed by atoms with van der Waals surface area (Å²) in [5, 5.41) is 1.88. The summed E-state index contributed by atoms with van der Waals surface area (Å²) in [4.78, 5) is 29.4. The van der Waals surface area contributed by atoms with E-state index >= 15 is 0 Å². The van der Waals surface area contributed by atoms with Crippen LogP contribution in [0.4, 0.5) is 0 Å². The van der Waals surface area contributed by atoms with Crippen LogP contribution < -0.4 is 4.74 Å². The molecule has 36 heavy (non-hydrogen) atoms. The van der Waals surface area contributed by atoms with Gasteiger partial charge < -0.3 is 19.2 Å². The number of ether oxygens (including phenoxy) is 3. The number of halogens is 2. The maximum absolute atomic E-state index is 13.1. The van der Waals surface area contributed by atoms with Gasteiger partial charge in [-0.1, -0.05) is 59.6 Å². The van der Waals surface area contributed by atoms with Crippen molar-refractivity contribution in [1.29, 1.82) is 0 Å². The average molecular weight is 524 g/mol. The first-order chi connectivity index (χ1) is 17.2. The van der Waals surface area contributed by atoms with Crippen LogP contribution in [0.15, 0.2) is 72.9 Å². The molecule has 0 aliphatic carbocycles. The second kappa shape index (κ2) is 9.52. The molecule has 0 spiro atoms. The van der Waals surface area contributed by atoms with Gasteiger partial charge in [-0.05, 0) is 47.0 Å². The van der Waals surface area contributed by atoms with Crippen LogP contribution in [0.5, 0.6) is 5.75 Å². The Balaban J connectivity index is 1.52. The maximum Gasteiger partial charge on any atom is 0.324 e. The van der Waals surface area contributed by atoms with E-state index in [-0.39, 0.29) is 0 Å². The lowest BCUT2D eigenvalue weighted by Gasteiger charge is -2.36. The molecule has 6 nitrogen and oxygen atoms in total. The van der Waals surface area contributed by atoms with Crippen molar-refractivity contribution in [3.63, 3.8) is 0 Å². The summed E-state index contributed by atoms with van der Waals surface area (Å²) in [7, 11) is 0. The molecule has 4 aromatic rings. The molecule has 5 rings (SSSR count). The maximum atomic E-state index is 13.1. The molecule has 1 aliphatic rings. The Kier molecular flexibility index (Phi) is 6.41. The van der Waals surface area contributed by atoms with Gasteiger partial charge in [0.05, 0.1) is 5.02 Å². The zero-order valence-electron chi connectivity index (χ0n) is 19.6. The summed E-state index contributed by atoms with van der Waals surface area (Å²) in [5.41, 5.74) is 3.23. The first-order valence-electron chi connectivity index (χ1n) is 11.4. The molecule has 8 heteroatoms. The summed E-state index contributed by atoms with van der Waals surface area (Å²) in [6.07, 6.45) is 1.80. The van der Waals surface area contributed by atoms with Crippen LogP contribution in [0.2, 0.25) is 10.0 Å². The topological polar surface area (TPSA) is 77.6 Å². The van der Waals surface area contributed by atoms with E-state index in [1.807, 2.05) is 36.4 Å². The van der Waals surface area contributed by atoms with Crippen LogP contribution in [0.25, 0.3) is 10.9 Å². The molecule has 0 bridgehead atoms. The molecule has 3 aromatic carbocycles. The third-order valence-corrected chi connectivity index (χ3v) is 6.66. The van der Waals surface area contributed by atoms with Gasteiger partial charge in [0.15, 0.2) is 5.92 Å². The smallest absolute Gasteiger partial charge is 0.324 e. The third-order valence-electron chi connectivity index (χ3n) is 6.11. The summed E-state index contributed by atoms with van der Waals surface area (Å²) in [6.45, 7) is 3.37. The second-order valence-electron chi connectivity index (χ2n) is 9.09. The first kappa shape index (κ1) is 24.2. The predicted octanol–water partition coefficient (Wildman–Crippen LogP) is 6.64. The number of para-hydroxylation sites is 1. The number of hydrogen-bond donors (Lipinski definition) is 1. The van der Waals surface area contributed by atoms with E-state index < -0.39 is 29.6 Å². The van der Waals surface area contributed by atoms with Gasteiger partial charge in [0.2, 0.25) is 0 Å². The van der Waals surface area contributed by atoms with Gasteiger partial charge in [0.1, 0.15) is 12.4 Å². The van der Waals surface area contributed by atoms with Gasteiger partial charge in [-0.2, -0.15) is 0 Å². The molecule has 1 aliphatic heterocycles. The van der Waals surface area contributed by atoms with E-state index in [9.17, 15) is 9.59 Å². The SMILES string of the molecule is CC1(C)OC(=O)C([C@@H](c2ccc(OCc3ccc(Cl)cc3)c(Cl)c2)c2c[nH]c3ccccc23)C(=O)O1. The molecule has 1 N–H and O–H groups in total. The van der Waals surface area contributed by atoms with Gasteiger partial charge in [-0.3, -0.25) is 9.59 Å². The fourth-order valence-electron chi connectivity index (χ4n) is 4.47. The van der Waals surface area contributed by atoms with Crippen LogP contribution in [-0.4, -0.2) is 22.7 Å². The fourth-order valence-corrected chi connectivity index (χ4v) is 4.84. The van der Waals surface area contributed by atoms with E-state index in [1.165, 1.54) is 13.8 Å². The van der Waals surface area contributed by atoms with Crippen molar-refractivity contribution in [2.24, 2.45) is 5.92 Å². The lowest BCUT2D eigenvalue weighted by molar-refractivity contribution is -0.240. The van der Waals surface area contributed by atoms with E-state index in [0.29, 0.717) is 28.0 Å². The minimum absolute atomic E-state index is 0.304. The van der Waals surface area contributed by atoms with Crippen molar-refractivity contribution in [2.45, 2.75) is 32.2 Å². The third kappa shape index (κ3) is 4.79. The number of esters is 2. The van der Waals surface area contributed by atoms with Gasteiger partial charge in [0.25, 0.3) is 5.79 Å². The molecule has 0 unspecified atom stereocenters. The summed E-state index contributed by atoms with van der Waals surface area (Å²) < 4.78 is 16.8. The standard InChI is InChI=1S/C28H23Cl2NO5/c1-28(2)35-26(32)25(27(33)36-28)24(20-14-31-22-6-4-3-5-19(20)22)17-9-12-23(21(30)13-17)34-15-16-7-10-18(29)11-8-16/h3-14,24-25,31H,15H2,1-2H3/t24-/m0/s1. The Bertz CT molecular complexity index is 1420. The number of carbonyl (C=O) groups is 2. The van der Waals surface area contributed by atoms with Gasteiger partial charge in [-0.25, -0.2) is 0 Å². The highest BCUT2D eigenvalue weighted by molar-refractivity contribution is 6.32. The number of carbonyl (C=O) groups excluding carboxylic acids is 2. The van der Waals surface area contributed by atoms with E-state index in [2.05, 4.69) is 4.98 Å². The van der Waals surface area contributed by atoms with Crippen LogP contribution in [0, 0.1) is 5.92 Å². The second-order valence-corrected chi connectivity index (χ2v) is 9.94. The minimum atomic E-state index is -1.33. The van der Waals surface area contributed by atoms with Crippen LogP contribution in [0.1, 0.15) is 36.5 Å². The molecule has 0 amide bonds. The van der Waals surface area contributed by atoms with Gasteiger partial charge in [0, 0.05) is 41.9 Å². The fraction of sp³-hybridized carbons (Fsp3) is 0.214. The number of benzene rings is 3. The van der Waals surface area contributed by atoms with Crippen molar-refractivity contribution in [2.75, 3.05) is 0 Å². The highest BCUT2D eigenvalue weighted by atomic mass is 35.5. The Labute approximate surface area is 218 Å². The lowest BCUT2D eigenvalue weighted by Crippen LogP contribution is -2.48. The monoisotopic (exact) mass is 523 g/mol. The zero-order valence-corrected chi connectivity index (χ0v) is 21.1. The molecule has 1 aromatic heterocycles. The molecule has 1 saturated heterocycles. The lowest BCUT2D eigenvalue weighted by atomic mass is 9.80. The Morgan fingerprint density at radius 3 is 2.36 bits per heavy atom. The van der Waals surface area contributed by atoms with E-state index in [1.54, 1.807) is 36.5 Å². The predicted molar refractivity (Wildman–Crippen MR) is 137 cm³/mol. The number of aromatic nitrogens is 1. The van der Waals surface area contributed by atoms with Gasteiger partial charge >= 0.3 is 11.9 Å². The van der Waals surface area contributed by atoms with E-state index in [4.69, 9.17) is 37.4 Å². The number of fused-ring (bicyclic) bond motifs is 1. The van der Waals surface area contributed by atoms with Crippen molar-refractivity contribution in [3.8, 4) is 5.75 Å². The van der Waals surface area contributed by atoms with Crippen LogP contribution in [0.3, 0.4) is 0 Å². The van der Waals surface area contributed by atoms with Gasteiger partial charge in [-0.15, -0.1) is 0 Å². The van der Waals surface area contributed by atoms with Crippen molar-refractivity contribution in [1.82, 2.24) is 4.98 Å². The number of rotatable bonds is 6. The normalized spacial score (nSPS) is 16.4. The number of cyclic esters (lactones) is 2. The van der Waals surface area contributed by atoms with Crippen LogP contribution >= 0.6 is 23.2 Å². The summed E-state index contributed by atoms with van der Waals surface area (Å²) in [6, 6.07) is 20.3. The molecule has 184 valence electrons. The Morgan fingerprint density at radius 2 is 1.67 bits per heavy atom. The highest BCUT2D eigenvalue weighted by Gasteiger charge is 2.48. The molecule has 0 saturated carbocycles. The Hall–Kier alpha value is -3.48.